The minimum Gasteiger partial charge on any atom is -0.394 e. The molecule has 0 saturated carbocycles. The zero-order chi connectivity index (χ0) is 20.1. The van der Waals surface area contributed by atoms with Gasteiger partial charge in [0, 0.05) is 7.11 Å². The molecule has 10 atom stereocenters. The van der Waals surface area contributed by atoms with Crippen molar-refractivity contribution in [2.24, 2.45) is 0 Å². The van der Waals surface area contributed by atoms with E-state index in [1.165, 1.54) is 7.11 Å². The van der Waals surface area contributed by atoms with Crippen LogP contribution < -0.4 is 0 Å². The maximum absolute atomic E-state index is 10.5. The van der Waals surface area contributed by atoms with Crippen molar-refractivity contribution in [1.82, 2.24) is 0 Å². The second-order valence-corrected chi connectivity index (χ2v) is 7.03. The van der Waals surface area contributed by atoms with E-state index in [-0.39, 0.29) is 0 Å². The molecule has 0 amide bonds. The van der Waals surface area contributed by atoms with Gasteiger partial charge in [-0.2, -0.15) is 0 Å². The van der Waals surface area contributed by atoms with Crippen molar-refractivity contribution in [3.05, 3.63) is 0 Å². The molecular formula is C17H32O10. The molecule has 2 heterocycles. The molecule has 2 fully saturated rings. The quantitative estimate of drug-likeness (QED) is 0.259. The van der Waals surface area contributed by atoms with Crippen LogP contribution in [0.2, 0.25) is 0 Å². The average molecular weight is 396 g/mol. The fraction of sp³-hybridized carbons (Fsp3) is 1.00. The van der Waals surface area contributed by atoms with Gasteiger partial charge in [0.1, 0.15) is 48.8 Å². The number of aliphatic hydroxyl groups excluding tert-OH is 6. The molecule has 2 aliphatic heterocycles. The zero-order valence-electron chi connectivity index (χ0n) is 15.6. The van der Waals surface area contributed by atoms with E-state index in [0.717, 1.165) is 12.8 Å². The Bertz CT molecular complexity index is 434. The Labute approximate surface area is 158 Å². The molecule has 0 aromatic rings. The summed E-state index contributed by atoms with van der Waals surface area (Å²) < 4.78 is 21.8. The fourth-order valence-corrected chi connectivity index (χ4v) is 3.59. The summed E-state index contributed by atoms with van der Waals surface area (Å²) in [6.07, 6.45) is -9.52. The van der Waals surface area contributed by atoms with Crippen LogP contribution in [0.5, 0.6) is 0 Å². The van der Waals surface area contributed by atoms with Gasteiger partial charge in [-0.25, -0.2) is 0 Å². The third-order valence-corrected chi connectivity index (χ3v) is 5.19. The molecule has 0 aromatic heterocycles. The van der Waals surface area contributed by atoms with Crippen LogP contribution in [0.25, 0.3) is 0 Å². The van der Waals surface area contributed by atoms with Gasteiger partial charge in [-0.15, -0.1) is 0 Å². The SMILES string of the molecule is CCCC[C@@H]1OC(CO)[C@@H](O[C@@H]2OC(CO)[C@@H](OC)C(O)C2O)C(O)C1O. The third-order valence-electron chi connectivity index (χ3n) is 5.19. The normalized spacial score (nSPS) is 45.8. The molecule has 27 heavy (non-hydrogen) atoms. The lowest BCUT2D eigenvalue weighted by Crippen LogP contribution is -2.64. The van der Waals surface area contributed by atoms with E-state index >= 15 is 0 Å². The maximum Gasteiger partial charge on any atom is 0.187 e. The topological polar surface area (TPSA) is 158 Å². The van der Waals surface area contributed by atoms with Gasteiger partial charge in [0.05, 0.1) is 19.3 Å². The van der Waals surface area contributed by atoms with E-state index in [4.69, 9.17) is 18.9 Å². The van der Waals surface area contributed by atoms with Crippen LogP contribution in [-0.4, -0.2) is 112 Å². The molecule has 0 aromatic carbocycles. The molecule has 160 valence electrons. The van der Waals surface area contributed by atoms with E-state index < -0.39 is 74.4 Å². The molecule has 0 radical (unpaired) electrons. The first-order valence-corrected chi connectivity index (χ1v) is 9.32. The maximum atomic E-state index is 10.5. The summed E-state index contributed by atoms with van der Waals surface area (Å²) in [5.74, 6) is 0. The summed E-state index contributed by atoms with van der Waals surface area (Å²) in [6, 6.07) is 0. The highest BCUT2D eigenvalue weighted by molar-refractivity contribution is 4.95. The Morgan fingerprint density at radius 3 is 1.93 bits per heavy atom. The second kappa shape index (κ2) is 10.4. The van der Waals surface area contributed by atoms with Crippen molar-refractivity contribution in [1.29, 1.82) is 0 Å². The Kier molecular flexibility index (Phi) is 8.81. The molecule has 0 aliphatic carbocycles. The molecule has 2 aliphatic rings. The van der Waals surface area contributed by atoms with E-state index in [1.54, 1.807) is 0 Å². The molecule has 0 spiro atoms. The lowest BCUT2D eigenvalue weighted by Gasteiger charge is -2.46. The monoisotopic (exact) mass is 396 g/mol. The first kappa shape index (κ1) is 22.9. The van der Waals surface area contributed by atoms with Crippen LogP contribution in [0.3, 0.4) is 0 Å². The summed E-state index contributed by atoms with van der Waals surface area (Å²) in [5, 5.41) is 60.3. The lowest BCUT2D eigenvalue weighted by molar-refractivity contribution is -0.344. The fourth-order valence-electron chi connectivity index (χ4n) is 3.59. The van der Waals surface area contributed by atoms with Crippen LogP contribution in [0.1, 0.15) is 26.2 Å². The zero-order valence-corrected chi connectivity index (χ0v) is 15.6. The number of hydrogen-bond acceptors (Lipinski definition) is 10. The van der Waals surface area contributed by atoms with E-state index in [9.17, 15) is 30.6 Å². The summed E-state index contributed by atoms with van der Waals surface area (Å²) >= 11 is 0. The highest BCUT2D eigenvalue weighted by Crippen LogP contribution is 2.31. The van der Waals surface area contributed by atoms with Gasteiger partial charge in [0.2, 0.25) is 0 Å². The first-order chi connectivity index (χ1) is 12.9. The van der Waals surface area contributed by atoms with Crippen molar-refractivity contribution >= 4 is 0 Å². The number of rotatable bonds is 8. The summed E-state index contributed by atoms with van der Waals surface area (Å²) in [4.78, 5) is 0. The van der Waals surface area contributed by atoms with Gasteiger partial charge in [0.15, 0.2) is 6.29 Å². The Hall–Kier alpha value is -0.400. The Morgan fingerprint density at radius 1 is 0.778 bits per heavy atom. The smallest absolute Gasteiger partial charge is 0.187 e. The molecule has 6 N–H and O–H groups in total. The predicted octanol–water partition coefficient (Wildman–Crippen LogP) is -2.50. The van der Waals surface area contributed by atoms with Crippen molar-refractivity contribution in [3.8, 4) is 0 Å². The number of unbranched alkanes of at least 4 members (excludes halogenated alkanes) is 1. The first-order valence-electron chi connectivity index (χ1n) is 9.32. The van der Waals surface area contributed by atoms with Gasteiger partial charge in [-0.1, -0.05) is 19.8 Å². The van der Waals surface area contributed by atoms with Crippen LogP contribution in [0.4, 0.5) is 0 Å². The van der Waals surface area contributed by atoms with Gasteiger partial charge < -0.3 is 49.6 Å². The van der Waals surface area contributed by atoms with E-state index in [1.807, 2.05) is 6.92 Å². The number of aliphatic hydroxyl groups is 6. The molecule has 6 unspecified atom stereocenters. The molecule has 2 rings (SSSR count). The standard InChI is InChI=1S/C17H32O10/c1-3-4-5-8-11(20)12(21)16(10(7-19)25-8)27-17-14(23)13(22)15(24-2)9(6-18)26-17/h8-23H,3-7H2,1-2H3/t8-,9?,10?,11?,12?,13?,14?,15+,16+,17-/m0/s1. The highest BCUT2D eigenvalue weighted by Gasteiger charge is 2.50. The van der Waals surface area contributed by atoms with Crippen molar-refractivity contribution in [2.45, 2.75) is 87.4 Å². The van der Waals surface area contributed by atoms with Gasteiger partial charge in [0.25, 0.3) is 0 Å². The minimum atomic E-state index is -1.53. The molecule has 10 heteroatoms. The Balaban J connectivity index is 2.10. The summed E-state index contributed by atoms with van der Waals surface area (Å²) in [6.45, 7) is 1.02. The van der Waals surface area contributed by atoms with Crippen molar-refractivity contribution in [3.63, 3.8) is 0 Å². The number of hydrogen-bond donors (Lipinski definition) is 6. The van der Waals surface area contributed by atoms with Gasteiger partial charge >= 0.3 is 0 Å². The van der Waals surface area contributed by atoms with Crippen molar-refractivity contribution < 1.29 is 49.6 Å². The molecule has 10 nitrogen and oxygen atoms in total. The van der Waals surface area contributed by atoms with E-state index in [0.29, 0.717) is 6.42 Å². The van der Waals surface area contributed by atoms with Crippen LogP contribution in [0, 0.1) is 0 Å². The van der Waals surface area contributed by atoms with Gasteiger partial charge in [-0.05, 0) is 6.42 Å². The second-order valence-electron chi connectivity index (χ2n) is 7.03. The highest BCUT2D eigenvalue weighted by atomic mass is 16.7. The molecular weight excluding hydrogens is 364 g/mol. The van der Waals surface area contributed by atoms with Crippen LogP contribution in [0.15, 0.2) is 0 Å². The number of methoxy groups -OCH3 is 1. The minimum absolute atomic E-state index is 0.480. The Morgan fingerprint density at radius 2 is 1.37 bits per heavy atom. The largest absolute Gasteiger partial charge is 0.394 e. The van der Waals surface area contributed by atoms with Crippen LogP contribution in [-0.2, 0) is 18.9 Å². The molecule has 2 saturated heterocycles. The van der Waals surface area contributed by atoms with Gasteiger partial charge in [-0.3, -0.25) is 0 Å². The lowest BCUT2D eigenvalue weighted by atomic mass is 9.92. The van der Waals surface area contributed by atoms with Crippen molar-refractivity contribution in [2.75, 3.05) is 20.3 Å². The predicted molar refractivity (Wildman–Crippen MR) is 90.7 cm³/mol. The summed E-state index contributed by atoms with van der Waals surface area (Å²) in [7, 11) is 1.31. The summed E-state index contributed by atoms with van der Waals surface area (Å²) in [5.41, 5.74) is 0. The van der Waals surface area contributed by atoms with Crippen LogP contribution >= 0.6 is 0 Å². The van der Waals surface area contributed by atoms with E-state index in [2.05, 4.69) is 0 Å². The molecule has 0 bridgehead atoms. The average Bonchev–Trinajstić information content (AvgIpc) is 2.67. The number of ether oxygens (including phenoxy) is 4. The third kappa shape index (κ3) is 4.96.